The van der Waals surface area contributed by atoms with Gasteiger partial charge in [0.15, 0.2) is 0 Å². The molecule has 1 aromatic carbocycles. The van der Waals surface area contributed by atoms with Gasteiger partial charge in [-0.25, -0.2) is 0 Å². The fourth-order valence-electron chi connectivity index (χ4n) is 1.56. The Morgan fingerprint density at radius 2 is 1.71 bits per heavy atom. The summed E-state index contributed by atoms with van der Waals surface area (Å²) in [5, 5.41) is 0. The van der Waals surface area contributed by atoms with E-state index in [-0.39, 0.29) is 12.3 Å². The molecule has 1 rings (SSSR count). The topological polar surface area (TPSA) is 66.8 Å². The lowest BCUT2D eigenvalue weighted by Gasteiger charge is -2.15. The molecule has 0 radical (unpaired) electrons. The van der Waals surface area contributed by atoms with Gasteiger partial charge in [0, 0.05) is 0 Å². The highest BCUT2D eigenvalue weighted by Crippen LogP contribution is 2.39. The Morgan fingerprint density at radius 3 is 2.12 bits per heavy atom. The monoisotopic (exact) mass is 258 g/mol. The second-order valence-corrected chi connectivity index (χ2v) is 5.67. The van der Waals surface area contributed by atoms with Crippen molar-refractivity contribution in [3.63, 3.8) is 0 Å². The van der Waals surface area contributed by atoms with Crippen LogP contribution in [0.3, 0.4) is 0 Å². The lowest BCUT2D eigenvalue weighted by molar-refractivity contribution is 0.193. The average molecular weight is 258 g/mol. The zero-order valence-corrected chi connectivity index (χ0v) is 11.1. The summed E-state index contributed by atoms with van der Waals surface area (Å²) in [6, 6.07) is 6.89. The molecule has 0 aliphatic rings. The van der Waals surface area contributed by atoms with Gasteiger partial charge in [0.25, 0.3) is 0 Å². The molecule has 0 bridgehead atoms. The SMILES string of the molecule is CCC(CC)Oc1ccc(CP(=O)(O)O)cc1. The van der Waals surface area contributed by atoms with Gasteiger partial charge in [0.1, 0.15) is 5.75 Å². The zero-order chi connectivity index (χ0) is 12.9. The lowest BCUT2D eigenvalue weighted by atomic mass is 10.2. The Hall–Kier alpha value is -0.830. The third-order valence-electron chi connectivity index (χ3n) is 2.53. The first-order valence-electron chi connectivity index (χ1n) is 5.74. The lowest BCUT2D eigenvalue weighted by Crippen LogP contribution is -2.13. The van der Waals surface area contributed by atoms with Gasteiger partial charge in [-0.2, -0.15) is 0 Å². The van der Waals surface area contributed by atoms with Crippen LogP contribution in [0, 0.1) is 0 Å². The molecule has 0 saturated heterocycles. The Morgan fingerprint density at radius 1 is 1.18 bits per heavy atom. The molecule has 0 fully saturated rings. The molecular weight excluding hydrogens is 239 g/mol. The van der Waals surface area contributed by atoms with Gasteiger partial charge in [0.2, 0.25) is 0 Å². The molecule has 5 heteroatoms. The van der Waals surface area contributed by atoms with Gasteiger partial charge in [-0.3, -0.25) is 4.57 Å². The van der Waals surface area contributed by atoms with E-state index in [0.717, 1.165) is 18.6 Å². The van der Waals surface area contributed by atoms with E-state index < -0.39 is 7.60 Å². The highest BCUT2D eigenvalue weighted by atomic mass is 31.2. The normalized spacial score (nSPS) is 11.8. The number of hydrogen-bond acceptors (Lipinski definition) is 2. The molecule has 1 aromatic rings. The maximum Gasteiger partial charge on any atom is 0.329 e. The molecule has 17 heavy (non-hydrogen) atoms. The van der Waals surface area contributed by atoms with Gasteiger partial charge in [-0.15, -0.1) is 0 Å². The highest BCUT2D eigenvalue weighted by molar-refractivity contribution is 7.50. The van der Waals surface area contributed by atoms with E-state index in [9.17, 15) is 4.57 Å². The number of ether oxygens (including phenoxy) is 1. The molecule has 0 aromatic heterocycles. The van der Waals surface area contributed by atoms with Crippen molar-refractivity contribution in [2.75, 3.05) is 0 Å². The van der Waals surface area contributed by atoms with E-state index in [1.807, 2.05) is 0 Å². The Bertz CT molecular complexity index is 378. The largest absolute Gasteiger partial charge is 0.490 e. The minimum atomic E-state index is -3.98. The summed E-state index contributed by atoms with van der Waals surface area (Å²) in [4.78, 5) is 17.7. The zero-order valence-electron chi connectivity index (χ0n) is 10.2. The van der Waals surface area contributed by atoms with E-state index in [1.54, 1.807) is 24.3 Å². The fraction of sp³-hybridized carbons (Fsp3) is 0.500. The molecule has 0 aliphatic heterocycles. The van der Waals surface area contributed by atoms with Gasteiger partial charge >= 0.3 is 7.60 Å². The van der Waals surface area contributed by atoms with Gasteiger partial charge in [0.05, 0.1) is 12.3 Å². The molecule has 0 amide bonds. The maximum atomic E-state index is 10.8. The van der Waals surface area contributed by atoms with Crippen LogP contribution in [0.4, 0.5) is 0 Å². The third-order valence-corrected chi connectivity index (χ3v) is 3.30. The molecule has 0 aliphatic carbocycles. The van der Waals surface area contributed by atoms with Crippen LogP contribution in [0.5, 0.6) is 5.75 Å². The second kappa shape index (κ2) is 6.20. The summed E-state index contributed by atoms with van der Waals surface area (Å²) in [6.45, 7) is 4.13. The summed E-state index contributed by atoms with van der Waals surface area (Å²) in [5.74, 6) is 0.744. The summed E-state index contributed by atoms with van der Waals surface area (Å²) in [7, 11) is -3.98. The first-order valence-corrected chi connectivity index (χ1v) is 7.54. The van der Waals surface area contributed by atoms with Gasteiger partial charge in [-0.1, -0.05) is 26.0 Å². The van der Waals surface area contributed by atoms with Crippen LogP contribution in [-0.4, -0.2) is 15.9 Å². The van der Waals surface area contributed by atoms with Crippen LogP contribution < -0.4 is 4.74 Å². The molecule has 96 valence electrons. The van der Waals surface area contributed by atoms with Crippen LogP contribution in [0.1, 0.15) is 32.3 Å². The van der Waals surface area contributed by atoms with Crippen LogP contribution >= 0.6 is 7.60 Å². The first kappa shape index (κ1) is 14.2. The van der Waals surface area contributed by atoms with Crippen molar-refractivity contribution < 1.29 is 19.1 Å². The van der Waals surface area contributed by atoms with E-state index in [1.165, 1.54) is 0 Å². The predicted molar refractivity (Wildman–Crippen MR) is 67.2 cm³/mol. The third kappa shape index (κ3) is 5.35. The minimum absolute atomic E-state index is 0.197. The fourth-order valence-corrected chi connectivity index (χ4v) is 2.25. The van der Waals surface area contributed by atoms with E-state index in [4.69, 9.17) is 14.5 Å². The Labute approximate surface area is 102 Å². The molecule has 0 spiro atoms. The number of benzene rings is 1. The summed E-state index contributed by atoms with van der Waals surface area (Å²) in [5.41, 5.74) is 0.621. The summed E-state index contributed by atoms with van der Waals surface area (Å²) >= 11 is 0. The highest BCUT2D eigenvalue weighted by Gasteiger charge is 2.13. The molecular formula is C12H19O4P. The quantitative estimate of drug-likeness (QED) is 0.770. The Balaban J connectivity index is 2.65. The molecule has 0 atom stereocenters. The van der Waals surface area contributed by atoms with Crippen LogP contribution in [0.25, 0.3) is 0 Å². The van der Waals surface area contributed by atoms with Gasteiger partial charge in [-0.05, 0) is 30.5 Å². The van der Waals surface area contributed by atoms with Crippen molar-refractivity contribution in [1.29, 1.82) is 0 Å². The molecule has 4 nitrogen and oxygen atoms in total. The van der Waals surface area contributed by atoms with Crippen molar-refractivity contribution in [2.24, 2.45) is 0 Å². The standard InChI is InChI=1S/C12H19O4P/c1-3-11(4-2)16-12-7-5-10(6-8-12)9-17(13,14)15/h5-8,11H,3-4,9H2,1-2H3,(H2,13,14,15). The average Bonchev–Trinajstić information content (AvgIpc) is 2.26. The number of hydrogen-bond donors (Lipinski definition) is 2. The second-order valence-electron chi connectivity index (χ2n) is 4.02. The summed E-state index contributed by atoms with van der Waals surface area (Å²) < 4.78 is 16.5. The number of rotatable bonds is 6. The molecule has 0 saturated carbocycles. The molecule has 0 heterocycles. The molecule has 0 unspecified atom stereocenters. The van der Waals surface area contributed by atoms with Crippen molar-refractivity contribution in [2.45, 2.75) is 39.0 Å². The predicted octanol–water partition coefficient (Wildman–Crippen LogP) is 2.93. The van der Waals surface area contributed by atoms with Gasteiger partial charge < -0.3 is 14.5 Å². The van der Waals surface area contributed by atoms with Crippen molar-refractivity contribution in [3.8, 4) is 5.75 Å². The van der Waals surface area contributed by atoms with Crippen LogP contribution in [0.15, 0.2) is 24.3 Å². The van der Waals surface area contributed by atoms with Crippen molar-refractivity contribution >= 4 is 7.60 Å². The van der Waals surface area contributed by atoms with Crippen LogP contribution in [-0.2, 0) is 10.7 Å². The van der Waals surface area contributed by atoms with Crippen LogP contribution in [0.2, 0.25) is 0 Å². The summed E-state index contributed by atoms with van der Waals surface area (Å²) in [6.07, 6.45) is 1.86. The van der Waals surface area contributed by atoms with E-state index in [2.05, 4.69) is 13.8 Å². The Kier molecular flexibility index (Phi) is 5.19. The first-order chi connectivity index (χ1) is 7.94. The van der Waals surface area contributed by atoms with Crippen molar-refractivity contribution in [1.82, 2.24) is 0 Å². The minimum Gasteiger partial charge on any atom is -0.490 e. The van der Waals surface area contributed by atoms with Crippen molar-refractivity contribution in [3.05, 3.63) is 29.8 Å². The van der Waals surface area contributed by atoms with E-state index >= 15 is 0 Å². The maximum absolute atomic E-state index is 10.8. The smallest absolute Gasteiger partial charge is 0.329 e. The van der Waals surface area contributed by atoms with E-state index in [0.29, 0.717) is 5.56 Å². The molecule has 2 N–H and O–H groups in total.